The molecule has 0 amide bonds. The predicted octanol–water partition coefficient (Wildman–Crippen LogP) is -0.318. The normalized spacial score (nSPS) is 17.2. The van der Waals surface area contributed by atoms with Crippen LogP contribution in [0.15, 0.2) is 9.78 Å². The van der Waals surface area contributed by atoms with Gasteiger partial charge in [0.15, 0.2) is 11.5 Å². The molecule has 17 heavy (non-hydrogen) atoms. The molecule has 1 aliphatic heterocycles. The van der Waals surface area contributed by atoms with Crippen LogP contribution in [0.25, 0.3) is 0 Å². The average molecular weight is 241 g/mol. The number of amidine groups is 1. The smallest absolute Gasteiger partial charge is 0.201 e. The quantitative estimate of drug-likeness (QED) is 0.440. The lowest BCUT2D eigenvalue weighted by Crippen LogP contribution is -2.41. The summed E-state index contributed by atoms with van der Waals surface area (Å²) < 4.78 is 9.85. The van der Waals surface area contributed by atoms with E-state index in [4.69, 9.17) is 15.3 Å². The summed E-state index contributed by atoms with van der Waals surface area (Å²) in [5, 5.41) is 11.3. The van der Waals surface area contributed by atoms with Crippen LogP contribution < -0.4 is 5.73 Å². The number of oxime groups is 1. The van der Waals surface area contributed by atoms with Gasteiger partial charge in [0.05, 0.1) is 13.2 Å². The summed E-state index contributed by atoms with van der Waals surface area (Å²) in [6.07, 6.45) is 0. The van der Waals surface area contributed by atoms with Gasteiger partial charge in [0.25, 0.3) is 0 Å². The van der Waals surface area contributed by atoms with Gasteiger partial charge in [-0.3, -0.25) is 0 Å². The Labute approximate surface area is 98.3 Å². The van der Waals surface area contributed by atoms with Gasteiger partial charge in [0.1, 0.15) is 6.61 Å². The number of nitrogens with two attached hydrogens (primary N) is 1. The molecule has 94 valence electrons. The topological polar surface area (TPSA) is 99.0 Å². The van der Waals surface area contributed by atoms with Gasteiger partial charge in [0, 0.05) is 13.1 Å². The largest absolute Gasteiger partial charge is 0.394 e. The fourth-order valence-corrected chi connectivity index (χ4v) is 1.50. The minimum absolute atomic E-state index is 0.204. The molecule has 2 heterocycles. The molecule has 0 saturated carbocycles. The van der Waals surface area contributed by atoms with E-state index in [1.165, 1.54) is 0 Å². The van der Waals surface area contributed by atoms with Crippen LogP contribution in [0.2, 0.25) is 0 Å². The second-order valence-corrected chi connectivity index (χ2v) is 3.43. The summed E-state index contributed by atoms with van der Waals surface area (Å²) in [7, 11) is 0. The lowest BCUT2D eigenvalue weighted by Gasteiger charge is -2.28. The van der Waals surface area contributed by atoms with Crippen LogP contribution in [0.1, 0.15) is 12.6 Å². The first kappa shape index (κ1) is 11.6. The monoisotopic (exact) mass is 241 g/mol. The fourth-order valence-electron chi connectivity index (χ4n) is 1.50. The van der Waals surface area contributed by atoms with Gasteiger partial charge < -0.3 is 20.2 Å². The average Bonchev–Trinajstić information content (AvgIpc) is 2.78. The van der Waals surface area contributed by atoms with E-state index >= 15 is 0 Å². The van der Waals surface area contributed by atoms with E-state index in [2.05, 4.69) is 20.1 Å². The second-order valence-electron chi connectivity index (χ2n) is 3.43. The Kier molecular flexibility index (Phi) is 3.76. The van der Waals surface area contributed by atoms with Crippen LogP contribution in [-0.2, 0) is 9.57 Å². The van der Waals surface area contributed by atoms with Crippen molar-refractivity contribution in [3.63, 3.8) is 0 Å². The van der Waals surface area contributed by atoms with Crippen molar-refractivity contribution in [2.24, 2.45) is 5.16 Å². The Hall–Kier alpha value is -1.83. The van der Waals surface area contributed by atoms with Gasteiger partial charge in [0.2, 0.25) is 5.84 Å². The maximum absolute atomic E-state index is 5.66. The van der Waals surface area contributed by atoms with Crippen molar-refractivity contribution in [3.8, 4) is 0 Å². The minimum atomic E-state index is 0.204. The molecule has 1 fully saturated rings. The van der Waals surface area contributed by atoms with E-state index in [1.54, 1.807) is 0 Å². The van der Waals surface area contributed by atoms with Crippen LogP contribution >= 0.6 is 0 Å². The van der Waals surface area contributed by atoms with E-state index in [0.29, 0.717) is 44.4 Å². The van der Waals surface area contributed by atoms with Crippen LogP contribution in [-0.4, -0.2) is 54.0 Å². The van der Waals surface area contributed by atoms with Crippen LogP contribution in [0, 0.1) is 0 Å². The van der Waals surface area contributed by atoms with E-state index < -0.39 is 0 Å². The molecule has 0 spiro atoms. The third-order valence-corrected chi connectivity index (χ3v) is 2.32. The fraction of sp³-hybridized carbons (Fsp3) is 0.667. The molecule has 0 aliphatic carbocycles. The summed E-state index contributed by atoms with van der Waals surface area (Å²) in [4.78, 5) is 7.05. The molecule has 1 aliphatic rings. The number of aromatic nitrogens is 2. The molecule has 0 unspecified atom stereocenters. The van der Waals surface area contributed by atoms with Gasteiger partial charge >= 0.3 is 0 Å². The number of anilines is 1. The van der Waals surface area contributed by atoms with Gasteiger partial charge in [-0.25, -0.2) is 4.63 Å². The standard InChI is InChI=1S/C9H15N5O3/c1-2-16-13-9(7-8(10)12-17-11-7)14-3-5-15-6-4-14/h2-6H2,1H3,(H2,10,12)/b13-9+. The Balaban J connectivity index is 2.21. The van der Waals surface area contributed by atoms with E-state index in [1.807, 2.05) is 11.8 Å². The first-order chi connectivity index (χ1) is 8.33. The Morgan fingerprint density at radius 2 is 2.24 bits per heavy atom. The van der Waals surface area contributed by atoms with Crippen molar-refractivity contribution >= 4 is 11.7 Å². The molecule has 0 aromatic carbocycles. The Morgan fingerprint density at radius 3 is 2.82 bits per heavy atom. The number of nitrogens with zero attached hydrogens (tertiary/aromatic N) is 4. The minimum Gasteiger partial charge on any atom is -0.394 e. The van der Waals surface area contributed by atoms with Gasteiger partial charge in [-0.05, 0) is 17.2 Å². The molecule has 1 aromatic rings. The van der Waals surface area contributed by atoms with E-state index in [0.717, 1.165) is 0 Å². The maximum atomic E-state index is 5.66. The second kappa shape index (κ2) is 5.48. The zero-order valence-electron chi connectivity index (χ0n) is 9.63. The number of ether oxygens (including phenoxy) is 1. The SMILES string of the molecule is CCO/N=C(\c1nonc1N)N1CCOCC1. The van der Waals surface area contributed by atoms with Crippen LogP contribution in [0.5, 0.6) is 0 Å². The summed E-state index contributed by atoms with van der Waals surface area (Å²) in [6, 6.07) is 0. The van der Waals surface area contributed by atoms with Gasteiger partial charge in [-0.2, -0.15) is 0 Å². The zero-order chi connectivity index (χ0) is 12.1. The Bertz CT molecular complexity index is 386. The highest BCUT2D eigenvalue weighted by Gasteiger charge is 2.23. The number of hydrogen-bond donors (Lipinski definition) is 1. The lowest BCUT2D eigenvalue weighted by molar-refractivity contribution is 0.0645. The summed E-state index contributed by atoms with van der Waals surface area (Å²) in [6.45, 7) is 5.01. The molecule has 2 rings (SSSR count). The molecule has 0 radical (unpaired) electrons. The van der Waals surface area contributed by atoms with Gasteiger partial charge in [-0.1, -0.05) is 5.16 Å². The molecule has 2 N–H and O–H groups in total. The number of morpholine rings is 1. The first-order valence-electron chi connectivity index (χ1n) is 5.44. The maximum Gasteiger partial charge on any atom is 0.201 e. The molecule has 1 aromatic heterocycles. The van der Waals surface area contributed by atoms with Crippen molar-refractivity contribution in [3.05, 3.63) is 5.69 Å². The van der Waals surface area contributed by atoms with Crippen molar-refractivity contribution in [2.45, 2.75) is 6.92 Å². The number of rotatable bonds is 3. The highest BCUT2D eigenvalue weighted by molar-refractivity contribution is 6.00. The molecular formula is C9H15N5O3. The number of hydrogen-bond acceptors (Lipinski definition) is 7. The molecule has 1 saturated heterocycles. The molecule has 8 nitrogen and oxygen atoms in total. The van der Waals surface area contributed by atoms with E-state index in [9.17, 15) is 0 Å². The first-order valence-corrected chi connectivity index (χ1v) is 5.44. The molecule has 8 heteroatoms. The number of nitrogen functional groups attached to an aromatic ring is 1. The molecular weight excluding hydrogens is 226 g/mol. The third kappa shape index (κ3) is 2.64. The lowest BCUT2D eigenvalue weighted by atomic mass is 10.3. The van der Waals surface area contributed by atoms with Crippen LogP contribution in [0.3, 0.4) is 0 Å². The van der Waals surface area contributed by atoms with Gasteiger partial charge in [-0.15, -0.1) is 0 Å². The summed E-state index contributed by atoms with van der Waals surface area (Å²) in [5.74, 6) is 0.740. The summed E-state index contributed by atoms with van der Waals surface area (Å²) in [5.41, 5.74) is 6.06. The third-order valence-electron chi connectivity index (χ3n) is 2.32. The van der Waals surface area contributed by atoms with Crippen molar-refractivity contribution in [1.82, 2.24) is 15.2 Å². The van der Waals surface area contributed by atoms with E-state index in [-0.39, 0.29) is 5.82 Å². The highest BCUT2D eigenvalue weighted by Crippen LogP contribution is 2.11. The highest BCUT2D eigenvalue weighted by atomic mass is 16.6. The molecule has 0 atom stereocenters. The summed E-state index contributed by atoms with van der Waals surface area (Å²) >= 11 is 0. The Morgan fingerprint density at radius 1 is 1.47 bits per heavy atom. The van der Waals surface area contributed by atoms with Crippen LogP contribution in [0.4, 0.5) is 5.82 Å². The van der Waals surface area contributed by atoms with Crippen molar-refractivity contribution < 1.29 is 14.2 Å². The van der Waals surface area contributed by atoms with Crippen molar-refractivity contribution in [2.75, 3.05) is 38.6 Å². The zero-order valence-corrected chi connectivity index (χ0v) is 9.63. The van der Waals surface area contributed by atoms with Crippen molar-refractivity contribution in [1.29, 1.82) is 0 Å². The predicted molar refractivity (Wildman–Crippen MR) is 59.3 cm³/mol. The molecule has 0 bridgehead atoms.